The number of hydrogen-bond acceptors (Lipinski definition) is 4. The van der Waals surface area contributed by atoms with E-state index in [4.69, 9.17) is 4.74 Å². The smallest absolute Gasteiger partial charge is 0.254 e. The van der Waals surface area contributed by atoms with Crippen molar-refractivity contribution in [2.24, 2.45) is 0 Å². The number of sulfone groups is 1. The van der Waals surface area contributed by atoms with Gasteiger partial charge in [0.15, 0.2) is 9.84 Å². The Hall–Kier alpha value is -2.34. The molecule has 134 valence electrons. The van der Waals surface area contributed by atoms with E-state index in [-0.39, 0.29) is 17.7 Å². The van der Waals surface area contributed by atoms with Crippen molar-refractivity contribution in [3.63, 3.8) is 0 Å². The van der Waals surface area contributed by atoms with E-state index in [0.717, 1.165) is 11.3 Å². The number of carbonyl (C=O) groups is 1. The fourth-order valence-corrected chi connectivity index (χ4v) is 3.44. The van der Waals surface area contributed by atoms with E-state index < -0.39 is 9.84 Å². The molecule has 6 heteroatoms. The molecular formula is C19H23NO4S. The number of rotatable bonds is 6. The number of ether oxygens (including phenoxy) is 1. The van der Waals surface area contributed by atoms with Crippen LogP contribution in [0.15, 0.2) is 48.5 Å². The predicted molar refractivity (Wildman–Crippen MR) is 98.5 cm³/mol. The first-order valence-electron chi connectivity index (χ1n) is 7.89. The Morgan fingerprint density at radius 2 is 1.72 bits per heavy atom. The average molecular weight is 361 g/mol. The SMILES string of the molecule is COc1ccccc1[C@H](C)N(C)C(=O)c1ccc(CS(C)(=O)=O)cc1. The van der Waals surface area contributed by atoms with E-state index in [1.165, 1.54) is 6.26 Å². The van der Waals surface area contributed by atoms with Gasteiger partial charge in [0.1, 0.15) is 5.75 Å². The third-order valence-electron chi connectivity index (χ3n) is 4.12. The lowest BCUT2D eigenvalue weighted by Crippen LogP contribution is -2.29. The number of hydrogen-bond donors (Lipinski definition) is 0. The highest BCUT2D eigenvalue weighted by Crippen LogP contribution is 2.29. The minimum atomic E-state index is -3.09. The van der Waals surface area contributed by atoms with Crippen molar-refractivity contribution in [1.29, 1.82) is 0 Å². The molecular weight excluding hydrogens is 338 g/mol. The van der Waals surface area contributed by atoms with Crippen molar-refractivity contribution >= 4 is 15.7 Å². The van der Waals surface area contributed by atoms with Crippen molar-refractivity contribution in [3.8, 4) is 5.75 Å². The van der Waals surface area contributed by atoms with Crippen LogP contribution in [-0.2, 0) is 15.6 Å². The van der Waals surface area contributed by atoms with Crippen LogP contribution >= 0.6 is 0 Å². The van der Waals surface area contributed by atoms with E-state index in [2.05, 4.69) is 0 Å². The Bertz CT molecular complexity index is 844. The van der Waals surface area contributed by atoms with Crippen LogP contribution in [-0.4, -0.2) is 39.6 Å². The molecule has 2 rings (SSSR count). The van der Waals surface area contributed by atoms with Crippen molar-refractivity contribution < 1.29 is 17.9 Å². The Labute approximate surface area is 149 Å². The lowest BCUT2D eigenvalue weighted by atomic mass is 10.0. The number of benzene rings is 2. The monoisotopic (exact) mass is 361 g/mol. The van der Waals surface area contributed by atoms with E-state index in [9.17, 15) is 13.2 Å². The van der Waals surface area contributed by atoms with Gasteiger partial charge in [-0.05, 0) is 30.7 Å². The van der Waals surface area contributed by atoms with E-state index in [0.29, 0.717) is 11.1 Å². The molecule has 2 aromatic carbocycles. The number of methoxy groups -OCH3 is 1. The van der Waals surface area contributed by atoms with Gasteiger partial charge in [-0.1, -0.05) is 30.3 Å². The summed E-state index contributed by atoms with van der Waals surface area (Å²) >= 11 is 0. The molecule has 0 N–H and O–H groups in total. The quantitative estimate of drug-likeness (QED) is 0.793. The average Bonchev–Trinajstić information content (AvgIpc) is 2.59. The largest absolute Gasteiger partial charge is 0.496 e. The molecule has 0 aromatic heterocycles. The Morgan fingerprint density at radius 1 is 1.12 bits per heavy atom. The summed E-state index contributed by atoms with van der Waals surface area (Å²) in [5, 5.41) is 0. The number of carbonyl (C=O) groups excluding carboxylic acids is 1. The fourth-order valence-electron chi connectivity index (χ4n) is 2.65. The molecule has 0 fully saturated rings. The molecule has 0 unspecified atom stereocenters. The van der Waals surface area contributed by atoms with E-state index in [1.54, 1.807) is 43.3 Å². The molecule has 0 heterocycles. The lowest BCUT2D eigenvalue weighted by Gasteiger charge is -2.26. The van der Waals surface area contributed by atoms with Gasteiger partial charge in [0.25, 0.3) is 5.91 Å². The van der Waals surface area contributed by atoms with Crippen LogP contribution in [0.3, 0.4) is 0 Å². The highest BCUT2D eigenvalue weighted by molar-refractivity contribution is 7.89. The van der Waals surface area contributed by atoms with E-state index in [1.807, 2.05) is 31.2 Å². The van der Waals surface area contributed by atoms with Crippen LogP contribution in [0, 0.1) is 0 Å². The second-order valence-electron chi connectivity index (χ2n) is 6.10. The third-order valence-corrected chi connectivity index (χ3v) is 4.98. The zero-order chi connectivity index (χ0) is 18.6. The minimum absolute atomic E-state index is 0.0328. The number of nitrogens with zero attached hydrogens (tertiary/aromatic N) is 1. The summed E-state index contributed by atoms with van der Waals surface area (Å²) in [6.45, 7) is 1.94. The standard InChI is InChI=1S/C19H23NO4S/c1-14(17-7-5-6-8-18(17)24-3)20(2)19(21)16-11-9-15(10-12-16)13-25(4,22)23/h5-12,14H,13H2,1-4H3/t14-/m0/s1. The summed E-state index contributed by atoms with van der Waals surface area (Å²) < 4.78 is 28.1. The molecule has 25 heavy (non-hydrogen) atoms. The van der Waals surface area contributed by atoms with Gasteiger partial charge >= 0.3 is 0 Å². The van der Waals surface area contributed by atoms with Crippen molar-refractivity contribution in [2.45, 2.75) is 18.7 Å². The normalized spacial score (nSPS) is 12.5. The maximum atomic E-state index is 12.7. The van der Waals surface area contributed by atoms with Gasteiger partial charge in [-0.3, -0.25) is 4.79 Å². The summed E-state index contributed by atoms with van der Waals surface area (Å²) in [5.41, 5.74) is 2.11. The van der Waals surface area contributed by atoms with Crippen LogP contribution in [0.25, 0.3) is 0 Å². The number of amides is 1. The minimum Gasteiger partial charge on any atom is -0.496 e. The molecule has 0 aliphatic rings. The molecule has 5 nitrogen and oxygen atoms in total. The molecule has 1 atom stereocenters. The first kappa shape index (κ1) is 19.0. The van der Waals surface area contributed by atoms with Crippen molar-refractivity contribution in [3.05, 3.63) is 65.2 Å². The van der Waals surface area contributed by atoms with Gasteiger partial charge in [-0.2, -0.15) is 0 Å². The van der Waals surface area contributed by atoms with Gasteiger partial charge < -0.3 is 9.64 Å². The molecule has 0 saturated carbocycles. The van der Waals surface area contributed by atoms with Gasteiger partial charge in [0.05, 0.1) is 18.9 Å². The second-order valence-corrected chi connectivity index (χ2v) is 8.24. The first-order valence-corrected chi connectivity index (χ1v) is 9.95. The van der Waals surface area contributed by atoms with Gasteiger partial charge in [-0.15, -0.1) is 0 Å². The van der Waals surface area contributed by atoms with Crippen LogP contribution in [0.4, 0.5) is 0 Å². The molecule has 2 aromatic rings. The van der Waals surface area contributed by atoms with Crippen molar-refractivity contribution in [2.75, 3.05) is 20.4 Å². The maximum Gasteiger partial charge on any atom is 0.254 e. The van der Waals surface area contributed by atoms with E-state index >= 15 is 0 Å². The highest BCUT2D eigenvalue weighted by Gasteiger charge is 2.21. The fraction of sp³-hybridized carbons (Fsp3) is 0.316. The molecule has 0 radical (unpaired) electrons. The molecule has 0 aliphatic carbocycles. The maximum absolute atomic E-state index is 12.7. The van der Waals surface area contributed by atoms with Crippen molar-refractivity contribution in [1.82, 2.24) is 4.90 Å². The van der Waals surface area contributed by atoms with Gasteiger partial charge in [-0.25, -0.2) is 8.42 Å². The van der Waals surface area contributed by atoms with Crippen LogP contribution < -0.4 is 4.74 Å². The summed E-state index contributed by atoms with van der Waals surface area (Å²) in [4.78, 5) is 14.4. The van der Waals surface area contributed by atoms with Gasteiger partial charge in [0.2, 0.25) is 0 Å². The molecule has 0 spiro atoms. The lowest BCUT2D eigenvalue weighted by molar-refractivity contribution is 0.0741. The Kier molecular flexibility index (Phi) is 5.85. The predicted octanol–water partition coefficient (Wildman–Crippen LogP) is 3.07. The molecule has 0 saturated heterocycles. The zero-order valence-electron chi connectivity index (χ0n) is 14.9. The van der Waals surface area contributed by atoms with Crippen LogP contribution in [0.1, 0.15) is 34.5 Å². The van der Waals surface area contributed by atoms with Crippen LogP contribution in [0.2, 0.25) is 0 Å². The summed E-state index contributed by atoms with van der Waals surface area (Å²) in [6.07, 6.45) is 1.19. The van der Waals surface area contributed by atoms with Crippen LogP contribution in [0.5, 0.6) is 5.75 Å². The molecule has 0 aliphatic heterocycles. The molecule has 1 amide bonds. The second kappa shape index (κ2) is 7.70. The summed E-state index contributed by atoms with van der Waals surface area (Å²) in [7, 11) is 0.252. The zero-order valence-corrected chi connectivity index (χ0v) is 15.7. The summed E-state index contributed by atoms with van der Waals surface area (Å²) in [5.74, 6) is 0.567. The molecule has 0 bridgehead atoms. The number of para-hydroxylation sites is 1. The third kappa shape index (κ3) is 4.82. The first-order chi connectivity index (χ1) is 11.7. The topological polar surface area (TPSA) is 63.7 Å². The van der Waals surface area contributed by atoms with Gasteiger partial charge in [0, 0.05) is 24.4 Å². The highest BCUT2D eigenvalue weighted by atomic mass is 32.2. The Morgan fingerprint density at radius 3 is 2.28 bits per heavy atom. The Balaban J connectivity index is 2.19. The summed E-state index contributed by atoms with van der Waals surface area (Å²) in [6, 6.07) is 14.1.